The molecule has 0 saturated heterocycles. The third kappa shape index (κ3) is 1.35. The van der Waals surface area contributed by atoms with Gasteiger partial charge in [-0.05, 0) is 25.1 Å². The van der Waals surface area contributed by atoms with Crippen molar-refractivity contribution in [1.29, 1.82) is 0 Å². The molecule has 2 N–H and O–H groups in total. The monoisotopic (exact) mass is 242 g/mol. The molecule has 0 spiro atoms. The Kier molecular flexibility index (Phi) is 2.07. The minimum absolute atomic E-state index is 0.0381. The van der Waals surface area contributed by atoms with Gasteiger partial charge in [0, 0.05) is 16.3 Å². The highest BCUT2D eigenvalue weighted by atomic mass is 16.4. The average Bonchev–Trinajstić information content (AvgIpc) is 2.32. The number of hydrogen-bond acceptors (Lipinski definition) is 4. The summed E-state index contributed by atoms with van der Waals surface area (Å²) in [6.07, 6.45) is 0. The van der Waals surface area contributed by atoms with E-state index in [1.54, 1.807) is 25.1 Å². The Morgan fingerprint density at radius 2 is 1.89 bits per heavy atom. The van der Waals surface area contributed by atoms with Crippen LogP contribution in [-0.4, -0.2) is 10.2 Å². The van der Waals surface area contributed by atoms with Crippen LogP contribution in [0.15, 0.2) is 39.5 Å². The second-order valence-corrected chi connectivity index (χ2v) is 4.23. The molecule has 0 unspecified atom stereocenters. The second kappa shape index (κ2) is 3.50. The van der Waals surface area contributed by atoms with Crippen LogP contribution in [0, 0.1) is 6.92 Å². The zero-order valence-electron chi connectivity index (χ0n) is 9.60. The summed E-state index contributed by atoms with van der Waals surface area (Å²) in [5.74, 6) is -0.0843. The molecule has 0 amide bonds. The molecule has 2 aromatic carbocycles. The van der Waals surface area contributed by atoms with E-state index in [9.17, 15) is 15.0 Å². The van der Waals surface area contributed by atoms with Crippen LogP contribution in [0.3, 0.4) is 0 Å². The van der Waals surface area contributed by atoms with Crippen molar-refractivity contribution in [1.82, 2.24) is 0 Å². The van der Waals surface area contributed by atoms with E-state index in [0.29, 0.717) is 21.9 Å². The molecule has 3 rings (SSSR count). The molecule has 1 aromatic heterocycles. The van der Waals surface area contributed by atoms with Crippen molar-refractivity contribution in [2.75, 3.05) is 0 Å². The number of fused-ring (bicyclic) bond motifs is 3. The normalized spacial score (nSPS) is 11.2. The Balaban J connectivity index is 2.65. The van der Waals surface area contributed by atoms with E-state index in [0.717, 1.165) is 0 Å². The first kappa shape index (κ1) is 10.7. The number of aromatic hydroxyl groups is 2. The fourth-order valence-electron chi connectivity index (χ4n) is 2.13. The first-order valence-electron chi connectivity index (χ1n) is 5.46. The lowest BCUT2D eigenvalue weighted by molar-refractivity contribution is 0.464. The number of hydrogen-bond donors (Lipinski definition) is 2. The Morgan fingerprint density at radius 1 is 1.11 bits per heavy atom. The van der Waals surface area contributed by atoms with Crippen molar-refractivity contribution >= 4 is 21.7 Å². The van der Waals surface area contributed by atoms with Gasteiger partial charge in [0.05, 0.1) is 5.39 Å². The molecule has 0 aliphatic heterocycles. The number of phenolic OH excluding ortho intramolecular Hbond substituents is 2. The number of rotatable bonds is 0. The highest BCUT2D eigenvalue weighted by Gasteiger charge is 2.12. The van der Waals surface area contributed by atoms with Gasteiger partial charge < -0.3 is 14.6 Å². The molecule has 4 heteroatoms. The van der Waals surface area contributed by atoms with Gasteiger partial charge in [-0.15, -0.1) is 0 Å². The molecule has 90 valence electrons. The van der Waals surface area contributed by atoms with Crippen LogP contribution < -0.4 is 5.63 Å². The summed E-state index contributed by atoms with van der Waals surface area (Å²) in [5.41, 5.74) is 0.425. The molecular weight excluding hydrogens is 232 g/mol. The minimum atomic E-state index is -0.419. The largest absolute Gasteiger partial charge is 0.507 e. The van der Waals surface area contributed by atoms with Crippen LogP contribution in [0.5, 0.6) is 11.5 Å². The lowest BCUT2D eigenvalue weighted by Crippen LogP contribution is -2.02. The van der Waals surface area contributed by atoms with Crippen LogP contribution in [-0.2, 0) is 0 Å². The lowest BCUT2D eigenvalue weighted by atomic mass is 10.0. The Hall–Kier alpha value is -2.49. The molecule has 0 atom stereocenters. The molecule has 4 nitrogen and oxygen atoms in total. The van der Waals surface area contributed by atoms with E-state index in [1.807, 2.05) is 0 Å². The highest BCUT2D eigenvalue weighted by Crippen LogP contribution is 2.37. The highest BCUT2D eigenvalue weighted by molar-refractivity contribution is 6.09. The predicted octanol–water partition coefficient (Wildman–Crippen LogP) is 2.67. The maximum atomic E-state index is 11.6. The van der Waals surface area contributed by atoms with E-state index in [-0.39, 0.29) is 16.9 Å². The third-order valence-corrected chi connectivity index (χ3v) is 2.99. The van der Waals surface area contributed by atoms with Crippen molar-refractivity contribution in [3.05, 3.63) is 46.3 Å². The van der Waals surface area contributed by atoms with Gasteiger partial charge in [-0.2, -0.15) is 0 Å². The van der Waals surface area contributed by atoms with Crippen LogP contribution in [0.25, 0.3) is 21.7 Å². The van der Waals surface area contributed by atoms with Crippen molar-refractivity contribution < 1.29 is 14.6 Å². The topological polar surface area (TPSA) is 70.7 Å². The zero-order chi connectivity index (χ0) is 12.9. The van der Waals surface area contributed by atoms with Crippen LogP contribution in [0.4, 0.5) is 0 Å². The fourth-order valence-corrected chi connectivity index (χ4v) is 2.13. The number of aryl methyl sites for hydroxylation is 1. The van der Waals surface area contributed by atoms with E-state index in [1.165, 1.54) is 12.1 Å². The van der Waals surface area contributed by atoms with Gasteiger partial charge in [0.15, 0.2) is 0 Å². The van der Waals surface area contributed by atoms with Crippen LogP contribution >= 0.6 is 0 Å². The van der Waals surface area contributed by atoms with Gasteiger partial charge in [-0.25, -0.2) is 4.79 Å². The Bertz CT molecular complexity index is 830. The summed E-state index contributed by atoms with van der Waals surface area (Å²) >= 11 is 0. The van der Waals surface area contributed by atoms with Gasteiger partial charge in [0.25, 0.3) is 0 Å². The van der Waals surface area contributed by atoms with E-state index in [4.69, 9.17) is 4.42 Å². The standard InChI is InChI=1S/C14H10O4/c1-7-5-8-6-11(16)12-9(3-2-4-10(12)15)13(8)18-14(7)17/h2-6,15-16H,1H3. The number of benzene rings is 2. The molecule has 0 fully saturated rings. The van der Waals surface area contributed by atoms with Gasteiger partial charge in [-0.1, -0.05) is 12.1 Å². The quantitative estimate of drug-likeness (QED) is 0.469. The molecular formula is C14H10O4. The first-order valence-corrected chi connectivity index (χ1v) is 5.46. The first-order chi connectivity index (χ1) is 8.58. The molecule has 0 saturated carbocycles. The van der Waals surface area contributed by atoms with Gasteiger partial charge >= 0.3 is 5.63 Å². The van der Waals surface area contributed by atoms with Crippen LogP contribution in [0.1, 0.15) is 5.56 Å². The fraction of sp³-hybridized carbons (Fsp3) is 0.0714. The molecule has 3 aromatic rings. The molecule has 0 bridgehead atoms. The van der Waals surface area contributed by atoms with Gasteiger partial charge in [-0.3, -0.25) is 0 Å². The Morgan fingerprint density at radius 3 is 2.67 bits per heavy atom. The summed E-state index contributed by atoms with van der Waals surface area (Å²) in [4.78, 5) is 11.6. The third-order valence-electron chi connectivity index (χ3n) is 2.99. The zero-order valence-corrected chi connectivity index (χ0v) is 9.60. The smallest absolute Gasteiger partial charge is 0.339 e. The summed E-state index contributed by atoms with van der Waals surface area (Å²) in [6.45, 7) is 1.65. The average molecular weight is 242 g/mol. The maximum Gasteiger partial charge on any atom is 0.339 e. The van der Waals surface area contributed by atoms with Crippen molar-refractivity contribution in [3.8, 4) is 11.5 Å². The lowest BCUT2D eigenvalue weighted by Gasteiger charge is -2.07. The van der Waals surface area contributed by atoms with Crippen LogP contribution in [0.2, 0.25) is 0 Å². The molecule has 0 aliphatic rings. The number of phenols is 2. The second-order valence-electron chi connectivity index (χ2n) is 4.23. The van der Waals surface area contributed by atoms with Crippen molar-refractivity contribution in [3.63, 3.8) is 0 Å². The van der Waals surface area contributed by atoms with Crippen molar-refractivity contribution in [2.24, 2.45) is 0 Å². The molecule has 0 aliphatic carbocycles. The van der Waals surface area contributed by atoms with E-state index < -0.39 is 5.63 Å². The van der Waals surface area contributed by atoms with E-state index >= 15 is 0 Å². The summed E-state index contributed by atoms with van der Waals surface area (Å²) < 4.78 is 5.24. The molecule has 1 heterocycles. The Labute approximate surface area is 102 Å². The molecule has 0 radical (unpaired) electrons. The van der Waals surface area contributed by atoms with Gasteiger partial charge in [0.2, 0.25) is 0 Å². The summed E-state index contributed by atoms with van der Waals surface area (Å²) in [5, 5.41) is 21.1. The minimum Gasteiger partial charge on any atom is -0.507 e. The van der Waals surface area contributed by atoms with Gasteiger partial charge in [0.1, 0.15) is 17.1 Å². The summed E-state index contributed by atoms with van der Waals surface area (Å²) in [6, 6.07) is 7.93. The predicted molar refractivity (Wildman–Crippen MR) is 68.1 cm³/mol. The summed E-state index contributed by atoms with van der Waals surface area (Å²) in [7, 11) is 0. The molecule has 18 heavy (non-hydrogen) atoms. The SMILES string of the molecule is Cc1cc2cc(O)c3c(O)cccc3c2oc1=O. The van der Waals surface area contributed by atoms with Crippen molar-refractivity contribution in [2.45, 2.75) is 6.92 Å². The van der Waals surface area contributed by atoms with E-state index in [2.05, 4.69) is 0 Å². The maximum absolute atomic E-state index is 11.6.